The minimum absolute atomic E-state index is 0.0328. The van der Waals surface area contributed by atoms with Crippen molar-refractivity contribution >= 4 is 50.7 Å². The summed E-state index contributed by atoms with van der Waals surface area (Å²) in [5.74, 6) is -0.770. The van der Waals surface area contributed by atoms with Crippen LogP contribution in [0, 0.1) is 6.92 Å². The molecule has 1 fully saturated rings. The highest BCUT2D eigenvalue weighted by Gasteiger charge is 2.48. The lowest BCUT2D eigenvalue weighted by atomic mass is 9.99. The van der Waals surface area contributed by atoms with E-state index in [1.54, 1.807) is 67.6 Å². The zero-order valence-corrected chi connectivity index (χ0v) is 17.6. The molecule has 0 radical (unpaired) electrons. The van der Waals surface area contributed by atoms with E-state index in [1.807, 2.05) is 0 Å². The number of anilines is 1. The summed E-state index contributed by atoms with van der Waals surface area (Å²) in [6.45, 7) is 1.77. The number of hydrogen-bond acceptors (Lipinski definition) is 4. The van der Waals surface area contributed by atoms with Crippen molar-refractivity contribution in [1.29, 1.82) is 0 Å². The van der Waals surface area contributed by atoms with Crippen LogP contribution in [0.25, 0.3) is 5.76 Å². The predicted molar refractivity (Wildman–Crippen MR) is 114 cm³/mol. The number of carbonyl (C=O) groups is 2. The van der Waals surface area contributed by atoms with Crippen molar-refractivity contribution in [3.63, 3.8) is 0 Å². The molecule has 146 valence electrons. The van der Waals surface area contributed by atoms with Crippen molar-refractivity contribution in [1.82, 2.24) is 0 Å². The quantitative estimate of drug-likeness (QED) is 0.305. The number of rotatable bonds is 3. The highest BCUT2D eigenvalue weighted by atomic mass is 79.9. The number of ketones is 1. The number of amides is 1. The largest absolute Gasteiger partial charge is 0.507 e. The van der Waals surface area contributed by atoms with Crippen LogP contribution in [0.15, 0.2) is 75.1 Å². The van der Waals surface area contributed by atoms with Gasteiger partial charge in [-0.05, 0) is 67.6 Å². The molecule has 1 atom stereocenters. The monoisotopic (exact) mass is 471 g/mol. The molecule has 0 spiro atoms. The normalized spacial score (nSPS) is 18.4. The van der Waals surface area contributed by atoms with Crippen LogP contribution in [-0.4, -0.2) is 16.8 Å². The van der Waals surface area contributed by atoms with Gasteiger partial charge < -0.3 is 9.52 Å². The minimum Gasteiger partial charge on any atom is -0.507 e. The summed E-state index contributed by atoms with van der Waals surface area (Å²) >= 11 is 9.29. The van der Waals surface area contributed by atoms with Crippen molar-refractivity contribution in [3.05, 3.63) is 92.8 Å². The molecule has 7 heteroatoms. The molecule has 1 unspecified atom stereocenters. The van der Waals surface area contributed by atoms with E-state index in [0.29, 0.717) is 27.8 Å². The lowest BCUT2D eigenvalue weighted by Crippen LogP contribution is -2.29. The number of halogens is 2. The Morgan fingerprint density at radius 1 is 1.03 bits per heavy atom. The van der Waals surface area contributed by atoms with E-state index in [1.165, 1.54) is 4.90 Å². The van der Waals surface area contributed by atoms with Crippen molar-refractivity contribution in [2.45, 2.75) is 13.0 Å². The molecule has 1 aromatic heterocycles. The molecule has 1 N–H and O–H groups in total. The SMILES string of the molecule is Cc1ccc(C2/C(=C(/O)c3ccc(Cl)cc3)C(=O)C(=O)N2c2ccc(Br)cc2)o1. The first-order valence-corrected chi connectivity index (χ1v) is 9.93. The van der Waals surface area contributed by atoms with Crippen molar-refractivity contribution in [2.75, 3.05) is 4.90 Å². The molecule has 1 aliphatic rings. The summed E-state index contributed by atoms with van der Waals surface area (Å²) < 4.78 is 6.59. The third-order valence-corrected chi connectivity index (χ3v) is 5.48. The maximum absolute atomic E-state index is 12.9. The smallest absolute Gasteiger partial charge is 0.300 e. The van der Waals surface area contributed by atoms with Crippen LogP contribution in [0.2, 0.25) is 5.02 Å². The van der Waals surface area contributed by atoms with Gasteiger partial charge in [-0.15, -0.1) is 0 Å². The zero-order valence-electron chi connectivity index (χ0n) is 15.2. The summed E-state index contributed by atoms with van der Waals surface area (Å²) in [6.07, 6.45) is 0. The van der Waals surface area contributed by atoms with E-state index in [2.05, 4.69) is 15.9 Å². The van der Waals surface area contributed by atoms with Gasteiger partial charge in [0, 0.05) is 20.7 Å². The molecule has 1 saturated heterocycles. The van der Waals surface area contributed by atoms with Crippen molar-refractivity contribution in [3.8, 4) is 0 Å². The lowest BCUT2D eigenvalue weighted by molar-refractivity contribution is -0.132. The van der Waals surface area contributed by atoms with Crippen LogP contribution in [0.5, 0.6) is 0 Å². The third kappa shape index (κ3) is 3.50. The fourth-order valence-corrected chi connectivity index (χ4v) is 3.72. The van der Waals surface area contributed by atoms with E-state index in [4.69, 9.17) is 16.0 Å². The van der Waals surface area contributed by atoms with Gasteiger partial charge in [-0.25, -0.2) is 0 Å². The van der Waals surface area contributed by atoms with Crippen molar-refractivity contribution in [2.24, 2.45) is 0 Å². The summed E-state index contributed by atoms with van der Waals surface area (Å²) in [4.78, 5) is 27.2. The Morgan fingerprint density at radius 3 is 2.28 bits per heavy atom. The third-order valence-electron chi connectivity index (χ3n) is 4.70. The van der Waals surface area contributed by atoms with E-state index >= 15 is 0 Å². The van der Waals surface area contributed by atoms with E-state index in [-0.39, 0.29) is 11.3 Å². The van der Waals surface area contributed by atoms with Crippen molar-refractivity contribution < 1.29 is 19.1 Å². The second-order valence-electron chi connectivity index (χ2n) is 6.60. The maximum atomic E-state index is 12.9. The number of hydrogen-bond donors (Lipinski definition) is 1. The average molecular weight is 473 g/mol. The molecule has 0 aliphatic carbocycles. The summed E-state index contributed by atoms with van der Waals surface area (Å²) in [6, 6.07) is 16.0. The van der Waals surface area contributed by atoms with E-state index in [0.717, 1.165) is 4.47 Å². The van der Waals surface area contributed by atoms with Gasteiger partial charge in [0.25, 0.3) is 11.7 Å². The number of aliphatic hydroxyl groups excluding tert-OH is 1. The Balaban J connectivity index is 1.92. The fourth-order valence-electron chi connectivity index (χ4n) is 3.33. The Bertz CT molecular complexity index is 1130. The minimum atomic E-state index is -0.888. The van der Waals surface area contributed by atoms with Gasteiger partial charge in [-0.3, -0.25) is 14.5 Å². The topological polar surface area (TPSA) is 70.8 Å². The van der Waals surface area contributed by atoms with Gasteiger partial charge in [0.05, 0.1) is 5.57 Å². The molecule has 1 aliphatic heterocycles. The zero-order chi connectivity index (χ0) is 20.7. The second kappa shape index (κ2) is 7.54. The molecule has 29 heavy (non-hydrogen) atoms. The van der Waals surface area contributed by atoms with E-state index < -0.39 is 17.7 Å². The summed E-state index contributed by atoms with van der Waals surface area (Å²) in [7, 11) is 0. The first-order valence-electron chi connectivity index (χ1n) is 8.75. The Kier molecular flexibility index (Phi) is 5.06. The van der Waals surface area contributed by atoms with Gasteiger partial charge in [-0.1, -0.05) is 27.5 Å². The Hall–Kier alpha value is -2.83. The van der Waals surface area contributed by atoms with Gasteiger partial charge in [0.15, 0.2) is 0 Å². The maximum Gasteiger partial charge on any atom is 0.300 e. The van der Waals surface area contributed by atoms with Gasteiger partial charge in [0.2, 0.25) is 0 Å². The van der Waals surface area contributed by atoms with Crippen LogP contribution >= 0.6 is 27.5 Å². The van der Waals surface area contributed by atoms with Gasteiger partial charge in [-0.2, -0.15) is 0 Å². The first-order chi connectivity index (χ1) is 13.9. The molecule has 2 aromatic carbocycles. The number of nitrogens with zero attached hydrogens (tertiary/aromatic N) is 1. The summed E-state index contributed by atoms with van der Waals surface area (Å²) in [5.41, 5.74) is 0.871. The Morgan fingerprint density at radius 2 is 1.69 bits per heavy atom. The molecule has 0 bridgehead atoms. The van der Waals surface area contributed by atoms with Gasteiger partial charge in [0.1, 0.15) is 23.3 Å². The summed E-state index contributed by atoms with van der Waals surface area (Å²) in [5, 5.41) is 11.4. The van der Waals surface area contributed by atoms with Crippen LogP contribution in [0.1, 0.15) is 23.1 Å². The number of Topliss-reactive ketones (excluding diaryl/α,β-unsaturated/α-hetero) is 1. The number of benzene rings is 2. The molecule has 3 aromatic rings. The number of carbonyl (C=O) groups excluding carboxylic acids is 2. The van der Waals surface area contributed by atoms with Crippen LogP contribution < -0.4 is 4.90 Å². The predicted octanol–water partition coefficient (Wildman–Crippen LogP) is 5.63. The Labute approximate surface area is 180 Å². The number of aryl methyl sites for hydroxylation is 1. The standard InChI is InChI=1S/C22H15BrClNO4/c1-12-2-11-17(29-12)19-18(20(26)13-3-7-15(24)8-4-13)21(27)22(28)25(19)16-9-5-14(23)6-10-16/h2-11,19,26H,1H3/b20-18-. The van der Waals surface area contributed by atoms with Crippen LogP contribution in [-0.2, 0) is 9.59 Å². The second-order valence-corrected chi connectivity index (χ2v) is 7.95. The van der Waals surface area contributed by atoms with Crippen LogP contribution in [0.3, 0.4) is 0 Å². The number of aliphatic hydroxyl groups is 1. The highest BCUT2D eigenvalue weighted by molar-refractivity contribution is 9.10. The molecular formula is C22H15BrClNO4. The molecule has 0 saturated carbocycles. The van der Waals surface area contributed by atoms with Gasteiger partial charge >= 0.3 is 0 Å². The molecule has 5 nitrogen and oxygen atoms in total. The highest BCUT2D eigenvalue weighted by Crippen LogP contribution is 2.42. The molecule has 2 heterocycles. The molecule has 1 amide bonds. The first kappa shape index (κ1) is 19.5. The molecule has 4 rings (SSSR count). The molecular weight excluding hydrogens is 458 g/mol. The van der Waals surface area contributed by atoms with E-state index in [9.17, 15) is 14.7 Å². The number of furan rings is 1. The van der Waals surface area contributed by atoms with Crippen LogP contribution in [0.4, 0.5) is 5.69 Å². The lowest BCUT2D eigenvalue weighted by Gasteiger charge is -2.23. The fraction of sp³-hybridized carbons (Fsp3) is 0.0909. The average Bonchev–Trinajstić information content (AvgIpc) is 3.24.